The van der Waals surface area contributed by atoms with Gasteiger partial charge in [0, 0.05) is 11.4 Å². The molecular weight excluding hydrogens is 230 g/mol. The van der Waals surface area contributed by atoms with Crippen LogP contribution in [0.2, 0.25) is 5.02 Å². The van der Waals surface area contributed by atoms with Crippen LogP contribution in [0, 0.1) is 0 Å². The van der Waals surface area contributed by atoms with E-state index in [-0.39, 0.29) is 12.8 Å². The van der Waals surface area contributed by atoms with Crippen molar-refractivity contribution >= 4 is 23.3 Å². The Bertz CT molecular complexity index is 387. The summed E-state index contributed by atoms with van der Waals surface area (Å²) in [6, 6.07) is 7.11. The Hall–Kier alpha value is -1.55. The third-order valence-corrected chi connectivity index (χ3v) is 2.34. The van der Waals surface area contributed by atoms with Gasteiger partial charge in [0.15, 0.2) is 0 Å². The molecule has 1 aromatic carbocycles. The summed E-state index contributed by atoms with van der Waals surface area (Å²) < 4.78 is 0. The molecule has 4 nitrogen and oxygen atoms in total. The van der Waals surface area contributed by atoms with Crippen LogP contribution in [0.25, 0.3) is 0 Å². The van der Waals surface area contributed by atoms with Gasteiger partial charge in [-0.2, -0.15) is 0 Å². The highest BCUT2D eigenvalue weighted by atomic mass is 35.5. The van der Waals surface area contributed by atoms with Crippen molar-refractivity contribution in [2.24, 2.45) is 5.16 Å². The van der Waals surface area contributed by atoms with Crippen LogP contribution in [-0.4, -0.2) is 22.0 Å². The summed E-state index contributed by atoms with van der Waals surface area (Å²) in [5.41, 5.74) is 1.38. The van der Waals surface area contributed by atoms with Crippen LogP contribution >= 0.6 is 11.6 Å². The zero-order valence-electron chi connectivity index (χ0n) is 8.56. The maximum absolute atomic E-state index is 10.4. The highest BCUT2D eigenvalue weighted by molar-refractivity contribution is 6.30. The first-order valence-corrected chi connectivity index (χ1v) is 5.15. The lowest BCUT2D eigenvalue weighted by Gasteiger charge is -2.03. The number of carboxylic acid groups (broad SMARTS) is 1. The molecule has 0 saturated carbocycles. The van der Waals surface area contributed by atoms with Crippen molar-refractivity contribution in [2.75, 3.05) is 0 Å². The second-order valence-electron chi connectivity index (χ2n) is 3.36. The van der Waals surface area contributed by atoms with Gasteiger partial charge in [0.1, 0.15) is 0 Å². The highest BCUT2D eigenvalue weighted by Gasteiger charge is 2.05. The molecular formula is C11H12ClNO3. The lowest BCUT2D eigenvalue weighted by molar-refractivity contribution is -0.136. The molecule has 0 aliphatic rings. The first-order valence-electron chi connectivity index (χ1n) is 4.78. The van der Waals surface area contributed by atoms with E-state index in [1.54, 1.807) is 12.1 Å². The Balaban J connectivity index is 2.57. The van der Waals surface area contributed by atoms with Crippen molar-refractivity contribution in [3.05, 3.63) is 34.9 Å². The third kappa shape index (κ3) is 4.31. The highest BCUT2D eigenvalue weighted by Crippen LogP contribution is 2.11. The fourth-order valence-corrected chi connectivity index (χ4v) is 1.39. The Labute approximate surface area is 98.2 Å². The standard InChI is InChI=1S/C11H12ClNO3/c12-9-3-1-8(2-4-9)7-10(13-16)5-6-11(14)15/h1-4,16H,5-7H2,(H,14,15)/b13-10-. The number of hydrogen-bond donors (Lipinski definition) is 2. The van der Waals surface area contributed by atoms with Gasteiger partial charge in [-0.15, -0.1) is 0 Å². The second kappa shape index (κ2) is 6.12. The molecule has 0 bridgehead atoms. The minimum Gasteiger partial charge on any atom is -0.481 e. The van der Waals surface area contributed by atoms with Crippen LogP contribution in [0.1, 0.15) is 18.4 Å². The Morgan fingerprint density at radius 2 is 1.88 bits per heavy atom. The zero-order chi connectivity index (χ0) is 12.0. The number of benzene rings is 1. The van der Waals surface area contributed by atoms with Crippen molar-refractivity contribution in [1.82, 2.24) is 0 Å². The molecule has 0 aliphatic carbocycles. The fraction of sp³-hybridized carbons (Fsp3) is 0.273. The van der Waals surface area contributed by atoms with Crippen molar-refractivity contribution in [2.45, 2.75) is 19.3 Å². The molecule has 0 atom stereocenters. The Morgan fingerprint density at radius 1 is 1.25 bits per heavy atom. The number of oxime groups is 1. The molecule has 16 heavy (non-hydrogen) atoms. The topological polar surface area (TPSA) is 69.9 Å². The number of carbonyl (C=O) groups is 1. The van der Waals surface area contributed by atoms with Crippen molar-refractivity contribution in [1.29, 1.82) is 0 Å². The van der Waals surface area contributed by atoms with Gasteiger partial charge in [-0.25, -0.2) is 0 Å². The van der Waals surface area contributed by atoms with E-state index in [1.165, 1.54) is 0 Å². The van der Waals surface area contributed by atoms with E-state index < -0.39 is 5.97 Å². The van der Waals surface area contributed by atoms with Gasteiger partial charge >= 0.3 is 5.97 Å². The Morgan fingerprint density at radius 3 is 2.38 bits per heavy atom. The van der Waals surface area contributed by atoms with E-state index in [9.17, 15) is 4.79 Å². The molecule has 0 fully saturated rings. The summed E-state index contributed by atoms with van der Waals surface area (Å²) >= 11 is 5.73. The van der Waals surface area contributed by atoms with Crippen LogP contribution in [0.4, 0.5) is 0 Å². The minimum atomic E-state index is -0.905. The molecule has 0 spiro atoms. The molecule has 0 aliphatic heterocycles. The quantitative estimate of drug-likeness (QED) is 0.473. The number of rotatable bonds is 5. The van der Waals surface area contributed by atoms with E-state index >= 15 is 0 Å². The lowest BCUT2D eigenvalue weighted by atomic mass is 10.1. The number of carboxylic acids is 1. The second-order valence-corrected chi connectivity index (χ2v) is 3.80. The zero-order valence-corrected chi connectivity index (χ0v) is 9.31. The summed E-state index contributed by atoms with van der Waals surface area (Å²) in [5, 5.41) is 21.0. The molecule has 2 N–H and O–H groups in total. The van der Waals surface area contributed by atoms with Gasteiger partial charge in [0.2, 0.25) is 0 Å². The third-order valence-electron chi connectivity index (χ3n) is 2.09. The summed E-state index contributed by atoms with van der Waals surface area (Å²) in [6.07, 6.45) is 0.641. The number of hydrogen-bond acceptors (Lipinski definition) is 3. The van der Waals surface area contributed by atoms with E-state index in [1.807, 2.05) is 12.1 Å². The normalized spacial score (nSPS) is 11.4. The van der Waals surface area contributed by atoms with Crippen LogP contribution < -0.4 is 0 Å². The van der Waals surface area contributed by atoms with Crippen LogP contribution in [0.5, 0.6) is 0 Å². The summed E-state index contributed by atoms with van der Waals surface area (Å²) in [6.45, 7) is 0. The average Bonchev–Trinajstić information content (AvgIpc) is 2.26. The predicted molar refractivity (Wildman–Crippen MR) is 61.2 cm³/mol. The SMILES string of the molecule is O=C(O)CC/C(Cc1ccc(Cl)cc1)=N/O. The number of aliphatic carboxylic acids is 1. The monoisotopic (exact) mass is 241 g/mol. The van der Waals surface area contributed by atoms with Crippen LogP contribution in [0.3, 0.4) is 0 Å². The maximum Gasteiger partial charge on any atom is 0.303 e. The van der Waals surface area contributed by atoms with Crippen molar-refractivity contribution < 1.29 is 15.1 Å². The van der Waals surface area contributed by atoms with Crippen LogP contribution in [0.15, 0.2) is 29.4 Å². The first-order chi connectivity index (χ1) is 7.61. The molecule has 86 valence electrons. The fourth-order valence-electron chi connectivity index (χ4n) is 1.26. The Kier molecular flexibility index (Phi) is 4.79. The number of halogens is 1. The largest absolute Gasteiger partial charge is 0.481 e. The molecule has 1 rings (SSSR count). The predicted octanol–water partition coefficient (Wildman–Crippen LogP) is 2.58. The van der Waals surface area contributed by atoms with Crippen molar-refractivity contribution in [3.63, 3.8) is 0 Å². The van der Waals surface area contributed by atoms with E-state index in [0.717, 1.165) is 5.56 Å². The molecule has 0 radical (unpaired) electrons. The number of nitrogens with zero attached hydrogens (tertiary/aromatic N) is 1. The lowest BCUT2D eigenvalue weighted by Crippen LogP contribution is -2.06. The molecule has 0 saturated heterocycles. The molecule has 0 unspecified atom stereocenters. The van der Waals surface area contributed by atoms with Crippen molar-refractivity contribution in [3.8, 4) is 0 Å². The summed E-state index contributed by atoms with van der Waals surface area (Å²) in [4.78, 5) is 10.4. The molecule has 0 amide bonds. The summed E-state index contributed by atoms with van der Waals surface area (Å²) in [5.74, 6) is -0.905. The van der Waals surface area contributed by atoms with Gasteiger partial charge in [-0.3, -0.25) is 4.79 Å². The molecule has 1 aromatic rings. The average molecular weight is 242 g/mol. The smallest absolute Gasteiger partial charge is 0.303 e. The van der Waals surface area contributed by atoms with Gasteiger partial charge in [-0.05, 0) is 24.1 Å². The summed E-state index contributed by atoms with van der Waals surface area (Å²) in [7, 11) is 0. The molecule has 0 heterocycles. The van der Waals surface area contributed by atoms with Gasteiger partial charge in [0.25, 0.3) is 0 Å². The first kappa shape index (κ1) is 12.5. The van der Waals surface area contributed by atoms with E-state index in [4.69, 9.17) is 21.9 Å². The molecule has 0 aromatic heterocycles. The van der Waals surface area contributed by atoms with Gasteiger partial charge in [-0.1, -0.05) is 28.9 Å². The van der Waals surface area contributed by atoms with E-state index in [0.29, 0.717) is 17.2 Å². The van der Waals surface area contributed by atoms with Crippen LogP contribution in [-0.2, 0) is 11.2 Å². The minimum absolute atomic E-state index is 0.0347. The maximum atomic E-state index is 10.4. The van der Waals surface area contributed by atoms with Gasteiger partial charge in [0.05, 0.1) is 12.1 Å². The van der Waals surface area contributed by atoms with E-state index in [2.05, 4.69) is 5.16 Å². The van der Waals surface area contributed by atoms with Gasteiger partial charge < -0.3 is 10.3 Å². The molecule has 5 heteroatoms.